The van der Waals surface area contributed by atoms with Crippen molar-refractivity contribution in [3.05, 3.63) is 47.9 Å². The third-order valence-electron chi connectivity index (χ3n) is 4.48. The third kappa shape index (κ3) is 4.26. The minimum atomic E-state index is -1.11. The van der Waals surface area contributed by atoms with Crippen molar-refractivity contribution in [2.24, 2.45) is 7.05 Å². The van der Waals surface area contributed by atoms with Gasteiger partial charge < -0.3 is 10.4 Å². The van der Waals surface area contributed by atoms with E-state index in [1.165, 1.54) is 23.0 Å². The molecule has 0 aliphatic carbocycles. The van der Waals surface area contributed by atoms with Crippen LogP contribution >= 0.6 is 0 Å². The van der Waals surface area contributed by atoms with Gasteiger partial charge in [-0.05, 0) is 31.5 Å². The van der Waals surface area contributed by atoms with E-state index in [-0.39, 0.29) is 30.0 Å². The lowest BCUT2D eigenvalue weighted by Gasteiger charge is -2.15. The number of aryl methyl sites for hydroxylation is 1. The van der Waals surface area contributed by atoms with Crippen molar-refractivity contribution < 1.29 is 19.1 Å². The van der Waals surface area contributed by atoms with Crippen LogP contribution in [-0.4, -0.2) is 38.5 Å². The molecule has 2 heterocycles. The minimum absolute atomic E-state index is 0.241. The van der Waals surface area contributed by atoms with Gasteiger partial charge in [0.2, 0.25) is 0 Å². The summed E-state index contributed by atoms with van der Waals surface area (Å²) < 4.78 is 14.6. The second-order valence-corrected chi connectivity index (χ2v) is 6.43. The van der Waals surface area contributed by atoms with Crippen LogP contribution in [0.2, 0.25) is 0 Å². The van der Waals surface area contributed by atoms with E-state index >= 15 is 0 Å². The van der Waals surface area contributed by atoms with Crippen LogP contribution in [0.4, 0.5) is 25.6 Å². The number of carbonyl (C=O) groups is 2. The van der Waals surface area contributed by atoms with Crippen LogP contribution in [0.25, 0.3) is 10.9 Å². The largest absolute Gasteiger partial charge is 0.465 e. The van der Waals surface area contributed by atoms with E-state index in [9.17, 15) is 19.1 Å². The SMILES string of the molecule is CCN(C(=O)O)c1nn(C)c2cc(NC(=O)N[C@H](C)c3ccc(F)cc3)ncc12. The number of hydrogen-bond acceptors (Lipinski definition) is 4. The number of fused-ring (bicyclic) bond motifs is 1. The number of carboxylic acid groups (broad SMARTS) is 1. The predicted molar refractivity (Wildman–Crippen MR) is 107 cm³/mol. The maximum atomic E-state index is 13.0. The predicted octanol–water partition coefficient (Wildman–Crippen LogP) is 3.49. The summed E-state index contributed by atoms with van der Waals surface area (Å²) in [6.45, 7) is 3.73. The van der Waals surface area contributed by atoms with Crippen molar-refractivity contribution in [3.8, 4) is 0 Å². The van der Waals surface area contributed by atoms with E-state index in [2.05, 4.69) is 20.7 Å². The molecule has 3 amide bonds. The molecule has 0 fully saturated rings. The Hall–Kier alpha value is -3.69. The number of halogens is 1. The highest BCUT2D eigenvalue weighted by atomic mass is 19.1. The summed E-state index contributed by atoms with van der Waals surface area (Å²) in [6, 6.07) is 6.67. The van der Waals surface area contributed by atoms with E-state index in [1.54, 1.807) is 39.1 Å². The number of anilines is 2. The number of rotatable bonds is 5. The molecule has 10 heteroatoms. The van der Waals surface area contributed by atoms with Gasteiger partial charge in [-0.2, -0.15) is 5.10 Å². The van der Waals surface area contributed by atoms with Crippen LogP contribution in [0.1, 0.15) is 25.5 Å². The molecule has 0 aliphatic rings. The van der Waals surface area contributed by atoms with E-state index < -0.39 is 12.1 Å². The summed E-state index contributed by atoms with van der Waals surface area (Å²) in [6.07, 6.45) is 0.367. The first kappa shape index (κ1) is 20.1. The highest BCUT2D eigenvalue weighted by Crippen LogP contribution is 2.26. The molecular weight excluding hydrogens is 379 g/mol. The van der Waals surface area contributed by atoms with Crippen molar-refractivity contribution in [1.82, 2.24) is 20.1 Å². The van der Waals surface area contributed by atoms with Crippen molar-refractivity contribution >= 4 is 34.7 Å². The lowest BCUT2D eigenvalue weighted by molar-refractivity contribution is 0.202. The Bertz CT molecular complexity index is 1050. The van der Waals surface area contributed by atoms with Gasteiger partial charge in [0, 0.05) is 25.9 Å². The van der Waals surface area contributed by atoms with Crippen LogP contribution in [0.5, 0.6) is 0 Å². The zero-order valence-corrected chi connectivity index (χ0v) is 16.2. The topological polar surface area (TPSA) is 112 Å². The molecule has 29 heavy (non-hydrogen) atoms. The van der Waals surface area contributed by atoms with Crippen LogP contribution in [0, 0.1) is 5.82 Å². The molecule has 0 bridgehead atoms. The number of amides is 3. The Labute approximate surface area is 166 Å². The molecule has 3 aromatic rings. The number of pyridine rings is 1. The van der Waals surface area contributed by atoms with Gasteiger partial charge >= 0.3 is 12.1 Å². The lowest BCUT2D eigenvalue weighted by Crippen LogP contribution is -2.31. The molecule has 9 nitrogen and oxygen atoms in total. The Morgan fingerprint density at radius 2 is 2.00 bits per heavy atom. The molecule has 3 rings (SSSR count). The van der Waals surface area contributed by atoms with Crippen LogP contribution < -0.4 is 15.5 Å². The van der Waals surface area contributed by atoms with Crippen LogP contribution in [-0.2, 0) is 7.05 Å². The zero-order valence-electron chi connectivity index (χ0n) is 16.2. The number of nitrogens with zero attached hydrogens (tertiary/aromatic N) is 4. The minimum Gasteiger partial charge on any atom is -0.465 e. The first-order valence-corrected chi connectivity index (χ1v) is 8.96. The maximum Gasteiger partial charge on any atom is 0.413 e. The molecule has 0 saturated heterocycles. The average molecular weight is 400 g/mol. The Kier molecular flexibility index (Phi) is 5.62. The highest BCUT2D eigenvalue weighted by molar-refractivity contribution is 5.99. The molecule has 1 aromatic carbocycles. The van der Waals surface area contributed by atoms with Gasteiger partial charge in [-0.3, -0.25) is 14.9 Å². The first-order valence-electron chi connectivity index (χ1n) is 8.96. The van der Waals surface area contributed by atoms with Gasteiger partial charge in [0.15, 0.2) is 5.82 Å². The van der Waals surface area contributed by atoms with E-state index in [1.807, 2.05) is 0 Å². The molecular formula is C19H21FN6O3. The fourth-order valence-corrected chi connectivity index (χ4v) is 2.96. The Morgan fingerprint density at radius 3 is 2.62 bits per heavy atom. The molecule has 3 N–H and O–H groups in total. The number of urea groups is 1. The average Bonchev–Trinajstić information content (AvgIpc) is 2.98. The van der Waals surface area contributed by atoms with Crippen molar-refractivity contribution in [1.29, 1.82) is 0 Å². The summed E-state index contributed by atoms with van der Waals surface area (Å²) in [4.78, 5) is 29.0. The fourth-order valence-electron chi connectivity index (χ4n) is 2.96. The number of carbonyl (C=O) groups excluding carboxylic acids is 1. The van der Waals surface area contributed by atoms with E-state index in [4.69, 9.17) is 0 Å². The molecule has 0 spiro atoms. The standard InChI is InChI=1S/C19H21FN6O3/c1-4-26(19(28)29)17-14-10-21-16(9-15(14)25(3)24-17)23-18(27)22-11(2)12-5-7-13(20)8-6-12/h5-11H,4H2,1-3H3,(H,28,29)(H2,21,22,23,27)/t11-/m1/s1. The molecule has 0 saturated carbocycles. The van der Waals surface area contributed by atoms with Gasteiger partial charge in [0.05, 0.1) is 16.9 Å². The van der Waals surface area contributed by atoms with Gasteiger partial charge in [-0.15, -0.1) is 0 Å². The Balaban J connectivity index is 1.76. The summed E-state index contributed by atoms with van der Waals surface area (Å²) in [5, 5.41) is 19.5. The lowest BCUT2D eigenvalue weighted by atomic mass is 10.1. The molecule has 0 radical (unpaired) electrons. The Morgan fingerprint density at radius 1 is 1.31 bits per heavy atom. The maximum absolute atomic E-state index is 13.0. The molecule has 0 unspecified atom stereocenters. The molecule has 2 aromatic heterocycles. The smallest absolute Gasteiger partial charge is 0.413 e. The number of nitrogens with one attached hydrogen (secondary N) is 2. The summed E-state index contributed by atoms with van der Waals surface area (Å²) in [5.41, 5.74) is 1.38. The van der Waals surface area contributed by atoms with Gasteiger partial charge in [-0.25, -0.2) is 19.0 Å². The molecule has 152 valence electrons. The second kappa shape index (κ2) is 8.13. The van der Waals surface area contributed by atoms with Crippen LogP contribution in [0.3, 0.4) is 0 Å². The summed E-state index contributed by atoms with van der Waals surface area (Å²) in [7, 11) is 1.68. The highest BCUT2D eigenvalue weighted by Gasteiger charge is 2.20. The third-order valence-corrected chi connectivity index (χ3v) is 4.48. The van der Waals surface area contributed by atoms with Crippen molar-refractivity contribution in [3.63, 3.8) is 0 Å². The quantitative estimate of drug-likeness (QED) is 0.607. The number of aromatic nitrogens is 3. The van der Waals surface area contributed by atoms with Crippen molar-refractivity contribution in [2.45, 2.75) is 19.9 Å². The number of benzene rings is 1. The van der Waals surface area contributed by atoms with E-state index in [0.717, 1.165) is 10.5 Å². The monoisotopic (exact) mass is 400 g/mol. The number of hydrogen-bond donors (Lipinski definition) is 3. The van der Waals surface area contributed by atoms with Gasteiger partial charge in [-0.1, -0.05) is 12.1 Å². The molecule has 1 atom stereocenters. The summed E-state index contributed by atoms with van der Waals surface area (Å²) >= 11 is 0. The van der Waals surface area contributed by atoms with Crippen LogP contribution in [0.15, 0.2) is 36.5 Å². The second-order valence-electron chi connectivity index (χ2n) is 6.43. The van der Waals surface area contributed by atoms with E-state index in [0.29, 0.717) is 10.9 Å². The zero-order chi connectivity index (χ0) is 21.1. The van der Waals surface area contributed by atoms with Gasteiger partial charge in [0.25, 0.3) is 0 Å². The van der Waals surface area contributed by atoms with Gasteiger partial charge in [0.1, 0.15) is 11.6 Å². The first-order chi connectivity index (χ1) is 13.8. The summed E-state index contributed by atoms with van der Waals surface area (Å²) in [5.74, 6) is 0.225. The van der Waals surface area contributed by atoms with Crippen molar-refractivity contribution in [2.75, 3.05) is 16.8 Å². The fraction of sp³-hybridized carbons (Fsp3) is 0.263. The molecule has 0 aliphatic heterocycles. The normalized spacial score (nSPS) is 11.9.